The molecule has 1 saturated carbocycles. The lowest BCUT2D eigenvalue weighted by molar-refractivity contribution is 0.326. The third-order valence-corrected chi connectivity index (χ3v) is 5.39. The Bertz CT molecular complexity index is 608. The van der Waals surface area contributed by atoms with E-state index >= 15 is 0 Å². The molecule has 5 heteroatoms. The van der Waals surface area contributed by atoms with Crippen LogP contribution in [0.3, 0.4) is 0 Å². The summed E-state index contributed by atoms with van der Waals surface area (Å²) in [5.74, 6) is 0. The van der Waals surface area contributed by atoms with E-state index < -0.39 is 9.84 Å². The van der Waals surface area contributed by atoms with Crippen LogP contribution in [0.2, 0.25) is 0 Å². The molecule has 20 heavy (non-hydrogen) atoms. The minimum Gasteiger partial charge on any atom is -0.381 e. The fourth-order valence-electron chi connectivity index (χ4n) is 2.88. The highest BCUT2D eigenvalue weighted by molar-refractivity contribution is 7.90. The van der Waals surface area contributed by atoms with E-state index in [0.29, 0.717) is 10.9 Å². The first kappa shape index (κ1) is 13.9. The first-order chi connectivity index (χ1) is 9.43. The number of hydrogen-bond acceptors (Lipinski definition) is 4. The molecule has 1 aromatic rings. The first-order valence-corrected chi connectivity index (χ1v) is 9.14. The number of rotatable bonds is 4. The Balaban J connectivity index is 1.73. The number of aryl methyl sites for hydroxylation is 1. The van der Waals surface area contributed by atoms with Gasteiger partial charge in [0.05, 0.1) is 4.90 Å². The van der Waals surface area contributed by atoms with Crippen LogP contribution < -0.4 is 5.32 Å². The fourth-order valence-corrected chi connectivity index (χ4v) is 3.53. The van der Waals surface area contributed by atoms with Crippen molar-refractivity contribution < 1.29 is 8.42 Å². The van der Waals surface area contributed by atoms with Crippen LogP contribution in [0.5, 0.6) is 0 Å². The van der Waals surface area contributed by atoms with Crippen LogP contribution in [-0.2, 0) is 9.84 Å². The summed E-state index contributed by atoms with van der Waals surface area (Å²) < 4.78 is 23.3. The molecule has 1 unspecified atom stereocenters. The molecule has 0 aromatic heterocycles. The summed E-state index contributed by atoms with van der Waals surface area (Å²) in [6.07, 6.45) is 5.08. The fraction of sp³-hybridized carbons (Fsp3) is 0.600. The molecule has 2 aliphatic rings. The number of hydrogen-bond donors (Lipinski definition) is 1. The predicted octanol–water partition coefficient (Wildman–Crippen LogP) is 2.05. The van der Waals surface area contributed by atoms with Crippen LogP contribution in [0.15, 0.2) is 23.1 Å². The summed E-state index contributed by atoms with van der Waals surface area (Å²) in [5, 5.41) is 3.53. The van der Waals surface area contributed by atoms with Gasteiger partial charge in [0, 0.05) is 37.1 Å². The molecule has 1 aromatic carbocycles. The van der Waals surface area contributed by atoms with Gasteiger partial charge in [0.1, 0.15) is 0 Å². The molecule has 1 N–H and O–H groups in total. The monoisotopic (exact) mass is 294 g/mol. The molecule has 0 spiro atoms. The van der Waals surface area contributed by atoms with E-state index in [1.54, 1.807) is 12.1 Å². The van der Waals surface area contributed by atoms with Gasteiger partial charge in [0.25, 0.3) is 0 Å². The molecular formula is C15H22N2O2S. The third-order valence-electron chi connectivity index (χ3n) is 4.28. The number of sulfone groups is 1. The second-order valence-electron chi connectivity index (χ2n) is 6.10. The second kappa shape index (κ2) is 5.04. The number of likely N-dealkylation sites (tertiary alicyclic amines) is 1. The van der Waals surface area contributed by atoms with Crippen molar-refractivity contribution in [3.8, 4) is 0 Å². The lowest BCUT2D eigenvalue weighted by atomic mass is 10.1. The van der Waals surface area contributed by atoms with Crippen molar-refractivity contribution in [2.24, 2.45) is 0 Å². The van der Waals surface area contributed by atoms with E-state index in [1.807, 2.05) is 13.0 Å². The maximum Gasteiger partial charge on any atom is 0.175 e. The molecule has 1 atom stereocenters. The summed E-state index contributed by atoms with van der Waals surface area (Å²) in [7, 11) is -3.14. The van der Waals surface area contributed by atoms with E-state index in [4.69, 9.17) is 0 Å². The maximum absolute atomic E-state index is 11.6. The largest absolute Gasteiger partial charge is 0.381 e. The van der Waals surface area contributed by atoms with Crippen LogP contribution in [0.1, 0.15) is 24.8 Å². The van der Waals surface area contributed by atoms with Gasteiger partial charge in [-0.15, -0.1) is 0 Å². The highest BCUT2D eigenvalue weighted by Gasteiger charge is 2.34. The standard InChI is InChI=1S/C15H22N2O2S/c1-11-3-6-14(20(2,18)19)9-15(11)16-12-7-8-17(10-12)13-4-5-13/h3,6,9,12-13,16H,4-5,7-8,10H2,1-2H3. The average molecular weight is 294 g/mol. The number of nitrogens with zero attached hydrogens (tertiary/aromatic N) is 1. The Kier molecular flexibility index (Phi) is 3.50. The Hall–Kier alpha value is -1.07. The Morgan fingerprint density at radius 1 is 1.25 bits per heavy atom. The molecule has 1 aliphatic carbocycles. The molecule has 1 heterocycles. The molecule has 3 rings (SSSR count). The second-order valence-corrected chi connectivity index (χ2v) is 8.12. The summed E-state index contributed by atoms with van der Waals surface area (Å²) in [4.78, 5) is 2.94. The van der Waals surface area contributed by atoms with Crippen molar-refractivity contribution in [3.63, 3.8) is 0 Å². The van der Waals surface area contributed by atoms with Crippen LogP contribution in [0.4, 0.5) is 5.69 Å². The zero-order chi connectivity index (χ0) is 14.3. The number of nitrogens with one attached hydrogen (secondary N) is 1. The third kappa shape index (κ3) is 2.99. The van der Waals surface area contributed by atoms with Crippen LogP contribution in [0.25, 0.3) is 0 Å². The summed E-state index contributed by atoms with van der Waals surface area (Å²) in [5.41, 5.74) is 2.05. The summed E-state index contributed by atoms with van der Waals surface area (Å²) >= 11 is 0. The van der Waals surface area contributed by atoms with E-state index in [0.717, 1.165) is 36.8 Å². The maximum atomic E-state index is 11.6. The van der Waals surface area contributed by atoms with Crippen LogP contribution >= 0.6 is 0 Å². The molecule has 2 fully saturated rings. The van der Waals surface area contributed by atoms with Gasteiger partial charge in [-0.2, -0.15) is 0 Å². The van der Waals surface area contributed by atoms with Crippen LogP contribution in [0, 0.1) is 6.92 Å². The lowest BCUT2D eigenvalue weighted by Crippen LogP contribution is -2.28. The summed E-state index contributed by atoms with van der Waals surface area (Å²) in [6, 6.07) is 6.58. The quantitative estimate of drug-likeness (QED) is 0.923. The van der Waals surface area contributed by atoms with Crippen molar-refractivity contribution in [1.29, 1.82) is 0 Å². The van der Waals surface area contributed by atoms with Crippen molar-refractivity contribution in [2.75, 3.05) is 24.7 Å². The van der Waals surface area contributed by atoms with Crippen LogP contribution in [-0.4, -0.2) is 44.7 Å². The van der Waals surface area contributed by atoms with Gasteiger partial charge in [-0.05, 0) is 43.9 Å². The Labute approximate surface area is 121 Å². The Morgan fingerprint density at radius 3 is 2.65 bits per heavy atom. The van der Waals surface area contributed by atoms with Crippen molar-refractivity contribution in [2.45, 2.75) is 43.2 Å². The van der Waals surface area contributed by atoms with Gasteiger partial charge >= 0.3 is 0 Å². The molecule has 110 valence electrons. The number of benzene rings is 1. The molecule has 0 amide bonds. The van der Waals surface area contributed by atoms with Gasteiger partial charge in [-0.25, -0.2) is 8.42 Å². The van der Waals surface area contributed by atoms with Crippen molar-refractivity contribution >= 4 is 15.5 Å². The predicted molar refractivity (Wildman–Crippen MR) is 80.9 cm³/mol. The molecule has 4 nitrogen and oxygen atoms in total. The number of anilines is 1. The highest BCUT2D eigenvalue weighted by atomic mass is 32.2. The van der Waals surface area contributed by atoms with E-state index in [9.17, 15) is 8.42 Å². The minimum absolute atomic E-state index is 0.391. The SMILES string of the molecule is Cc1ccc(S(C)(=O)=O)cc1NC1CCN(C2CC2)C1. The highest BCUT2D eigenvalue weighted by Crippen LogP contribution is 2.31. The molecule has 0 radical (unpaired) electrons. The Morgan fingerprint density at radius 2 is 2.00 bits per heavy atom. The smallest absolute Gasteiger partial charge is 0.175 e. The van der Waals surface area contributed by atoms with E-state index in [-0.39, 0.29) is 0 Å². The van der Waals surface area contributed by atoms with E-state index in [2.05, 4.69) is 10.2 Å². The topological polar surface area (TPSA) is 49.4 Å². The zero-order valence-electron chi connectivity index (χ0n) is 12.1. The van der Waals surface area contributed by atoms with Gasteiger partial charge in [0.15, 0.2) is 9.84 Å². The van der Waals surface area contributed by atoms with Crippen molar-refractivity contribution in [3.05, 3.63) is 23.8 Å². The lowest BCUT2D eigenvalue weighted by Gasteiger charge is -2.18. The molecular weight excluding hydrogens is 272 g/mol. The molecule has 0 bridgehead atoms. The van der Waals surface area contributed by atoms with E-state index in [1.165, 1.54) is 19.1 Å². The van der Waals surface area contributed by atoms with Gasteiger partial charge in [-0.1, -0.05) is 6.07 Å². The minimum atomic E-state index is -3.14. The van der Waals surface area contributed by atoms with Crippen molar-refractivity contribution in [1.82, 2.24) is 4.90 Å². The van der Waals surface area contributed by atoms with Gasteiger partial charge in [-0.3, -0.25) is 4.90 Å². The molecule has 1 aliphatic heterocycles. The van der Waals surface area contributed by atoms with Gasteiger partial charge in [0.2, 0.25) is 0 Å². The zero-order valence-corrected chi connectivity index (χ0v) is 12.9. The normalized spacial score (nSPS) is 24.0. The first-order valence-electron chi connectivity index (χ1n) is 7.25. The summed E-state index contributed by atoms with van der Waals surface area (Å²) in [6.45, 7) is 4.25. The molecule has 1 saturated heterocycles. The average Bonchev–Trinajstić information content (AvgIpc) is 3.12. The van der Waals surface area contributed by atoms with Gasteiger partial charge < -0.3 is 5.32 Å².